The van der Waals surface area contributed by atoms with Crippen molar-refractivity contribution < 1.29 is 4.74 Å². The van der Waals surface area contributed by atoms with Crippen LogP contribution >= 0.6 is 0 Å². The van der Waals surface area contributed by atoms with Crippen molar-refractivity contribution in [3.8, 4) is 17.1 Å². The summed E-state index contributed by atoms with van der Waals surface area (Å²) < 4.78 is 5.67. The Labute approximate surface area is 127 Å². The Morgan fingerprint density at radius 3 is 2.33 bits per heavy atom. The molecule has 111 valence electrons. The van der Waals surface area contributed by atoms with Crippen molar-refractivity contribution in [1.82, 2.24) is 9.97 Å². The Morgan fingerprint density at radius 1 is 0.952 bits per heavy atom. The third-order valence-corrected chi connectivity index (χ3v) is 3.37. The van der Waals surface area contributed by atoms with E-state index in [1.54, 1.807) is 12.4 Å². The summed E-state index contributed by atoms with van der Waals surface area (Å²) in [5.74, 6) is 1.46. The van der Waals surface area contributed by atoms with Crippen molar-refractivity contribution in [2.75, 3.05) is 6.61 Å². The topological polar surface area (TPSA) is 35.0 Å². The van der Waals surface area contributed by atoms with E-state index in [2.05, 4.69) is 23.0 Å². The second-order valence-electron chi connectivity index (χ2n) is 5.15. The average molecular weight is 283 g/mol. The molecule has 0 aliphatic rings. The van der Waals surface area contributed by atoms with Gasteiger partial charge < -0.3 is 4.74 Å². The van der Waals surface area contributed by atoms with Gasteiger partial charge in [0.1, 0.15) is 0 Å². The average Bonchev–Trinajstić information content (AvgIpc) is 2.55. The third kappa shape index (κ3) is 5.54. The summed E-state index contributed by atoms with van der Waals surface area (Å²) in [4.78, 5) is 8.68. The van der Waals surface area contributed by atoms with Gasteiger partial charge in [-0.1, -0.05) is 63.3 Å². The predicted molar refractivity (Wildman–Crippen MR) is 85.2 cm³/mol. The van der Waals surface area contributed by atoms with Crippen molar-refractivity contribution >= 4 is 0 Å². The number of aromatic nitrogens is 2. The van der Waals surface area contributed by atoms with Crippen molar-refractivity contribution in [2.45, 2.75) is 45.4 Å². The highest BCUT2D eigenvalue weighted by Gasteiger charge is 2.01. The van der Waals surface area contributed by atoms with Gasteiger partial charge in [-0.15, -0.1) is 0 Å². The van der Waals surface area contributed by atoms with Crippen LogP contribution in [-0.2, 0) is 0 Å². The molecule has 0 aliphatic carbocycles. The van der Waals surface area contributed by atoms with Crippen molar-refractivity contribution in [1.29, 1.82) is 0 Å². The van der Waals surface area contributed by atoms with Crippen molar-refractivity contribution in [3.05, 3.63) is 42.7 Å². The van der Waals surface area contributed by atoms with Crippen LogP contribution in [0.4, 0.5) is 0 Å². The molecule has 0 amide bonds. The lowest BCUT2D eigenvalue weighted by molar-refractivity contribution is 0.302. The van der Waals surface area contributed by atoms with Crippen LogP contribution < -0.4 is 4.74 Å². The number of ether oxygens (including phenoxy) is 1. The van der Waals surface area contributed by atoms with Gasteiger partial charge in [0.2, 0.25) is 0 Å². The molecule has 0 spiro atoms. The van der Waals surface area contributed by atoms with Gasteiger partial charge in [-0.2, -0.15) is 0 Å². The number of unbranched alkanes of at least 4 members (excludes halogenated alkanes) is 5. The Morgan fingerprint density at radius 2 is 1.62 bits per heavy atom. The number of benzene rings is 1. The monoisotopic (exact) mass is 283 g/mol. The largest absolute Gasteiger partial charge is 0.490 e. The summed E-state index contributed by atoms with van der Waals surface area (Å²) in [7, 11) is 0. The summed E-state index contributed by atoms with van der Waals surface area (Å²) in [6, 6.07) is 10.6. The van der Waals surface area contributed by atoms with E-state index in [-0.39, 0.29) is 0 Å². The molecule has 1 aromatic carbocycles. The highest BCUT2D eigenvalue weighted by Crippen LogP contribution is 2.16. The number of hydrogen-bond acceptors (Lipinski definition) is 3. The summed E-state index contributed by atoms with van der Waals surface area (Å²) in [5.41, 5.74) is 0.997. The first-order valence-corrected chi connectivity index (χ1v) is 7.81. The molecule has 1 aromatic heterocycles. The van der Waals surface area contributed by atoms with E-state index in [4.69, 9.17) is 4.74 Å². The highest BCUT2D eigenvalue weighted by molar-refractivity contribution is 5.54. The van der Waals surface area contributed by atoms with Crippen LogP contribution in [0.2, 0.25) is 0 Å². The minimum atomic E-state index is 0.718. The molecule has 0 unspecified atom stereocenters. The molecule has 0 fully saturated rings. The highest BCUT2D eigenvalue weighted by atomic mass is 16.5. The molecule has 0 saturated heterocycles. The standard InChI is InChI=1S/C18H23N2O/c1-2-3-4-5-6-10-13-21-17-14-19-18(20-15-17)16-11-8-7-9-12-16/h8-9,11-12,14-15H,2-6,10,13H2,1H3. The quantitative estimate of drug-likeness (QED) is 0.627. The van der Waals surface area contributed by atoms with Crippen LogP contribution in [0.1, 0.15) is 45.4 Å². The minimum absolute atomic E-state index is 0.718. The summed E-state index contributed by atoms with van der Waals surface area (Å²) in [5, 5.41) is 0. The first-order valence-electron chi connectivity index (χ1n) is 7.81. The molecule has 3 nitrogen and oxygen atoms in total. The minimum Gasteiger partial charge on any atom is -0.490 e. The van der Waals surface area contributed by atoms with Gasteiger partial charge in [-0.05, 0) is 12.5 Å². The van der Waals surface area contributed by atoms with E-state index in [1.807, 2.05) is 24.3 Å². The molecule has 2 aromatic rings. The first kappa shape index (κ1) is 15.5. The fourth-order valence-corrected chi connectivity index (χ4v) is 2.15. The molecule has 21 heavy (non-hydrogen) atoms. The molecule has 0 aliphatic heterocycles. The molecule has 0 atom stereocenters. The molecular formula is C18H23N2O. The zero-order chi connectivity index (χ0) is 14.8. The van der Waals surface area contributed by atoms with Crippen molar-refractivity contribution in [3.63, 3.8) is 0 Å². The van der Waals surface area contributed by atoms with Gasteiger partial charge in [-0.25, -0.2) is 9.97 Å². The normalized spacial score (nSPS) is 10.5. The van der Waals surface area contributed by atoms with Gasteiger partial charge in [0, 0.05) is 5.56 Å². The van der Waals surface area contributed by atoms with Gasteiger partial charge in [-0.3, -0.25) is 0 Å². The van der Waals surface area contributed by atoms with Crippen LogP contribution in [0.3, 0.4) is 0 Å². The zero-order valence-electron chi connectivity index (χ0n) is 12.7. The molecule has 0 N–H and O–H groups in total. The third-order valence-electron chi connectivity index (χ3n) is 3.37. The molecule has 1 radical (unpaired) electrons. The maximum absolute atomic E-state index is 5.67. The molecule has 2 rings (SSSR count). The van der Waals surface area contributed by atoms with E-state index in [1.165, 1.54) is 32.1 Å². The first-order chi connectivity index (χ1) is 10.4. The lowest BCUT2D eigenvalue weighted by Crippen LogP contribution is -1.99. The van der Waals surface area contributed by atoms with Gasteiger partial charge in [0.15, 0.2) is 11.6 Å². The smallest absolute Gasteiger partial charge is 0.159 e. The number of rotatable bonds is 9. The summed E-state index contributed by atoms with van der Waals surface area (Å²) in [6.07, 6.45) is 11.1. The molecule has 0 bridgehead atoms. The van der Waals surface area contributed by atoms with E-state index in [0.29, 0.717) is 0 Å². The van der Waals surface area contributed by atoms with Crippen LogP contribution in [-0.4, -0.2) is 16.6 Å². The molecular weight excluding hydrogens is 260 g/mol. The van der Waals surface area contributed by atoms with E-state index in [0.717, 1.165) is 30.2 Å². The van der Waals surface area contributed by atoms with Crippen LogP contribution in [0.15, 0.2) is 36.7 Å². The van der Waals surface area contributed by atoms with Crippen molar-refractivity contribution in [2.24, 2.45) is 0 Å². The SMILES string of the molecule is CCCCCCCCOc1cnc(-c2cc[c]cc2)nc1. The molecule has 3 heteroatoms. The van der Waals surface area contributed by atoms with Gasteiger partial charge >= 0.3 is 0 Å². The number of hydrogen-bond donors (Lipinski definition) is 0. The second-order valence-corrected chi connectivity index (χ2v) is 5.15. The lowest BCUT2D eigenvalue weighted by Gasteiger charge is -2.06. The zero-order valence-corrected chi connectivity index (χ0v) is 12.7. The van der Waals surface area contributed by atoms with Gasteiger partial charge in [0.25, 0.3) is 0 Å². The summed E-state index contributed by atoms with van der Waals surface area (Å²) in [6.45, 7) is 2.98. The summed E-state index contributed by atoms with van der Waals surface area (Å²) >= 11 is 0. The maximum atomic E-state index is 5.67. The van der Waals surface area contributed by atoms with E-state index < -0.39 is 0 Å². The Bertz CT molecular complexity index is 496. The van der Waals surface area contributed by atoms with E-state index >= 15 is 0 Å². The van der Waals surface area contributed by atoms with Crippen LogP contribution in [0, 0.1) is 6.07 Å². The fourth-order valence-electron chi connectivity index (χ4n) is 2.15. The van der Waals surface area contributed by atoms with Crippen LogP contribution in [0.5, 0.6) is 5.75 Å². The van der Waals surface area contributed by atoms with E-state index in [9.17, 15) is 0 Å². The fraction of sp³-hybridized carbons (Fsp3) is 0.444. The lowest BCUT2D eigenvalue weighted by atomic mass is 10.1. The maximum Gasteiger partial charge on any atom is 0.159 e. The predicted octanol–water partition coefficient (Wildman–Crippen LogP) is 4.68. The molecule has 1 heterocycles. The Kier molecular flexibility index (Phi) is 6.72. The Hall–Kier alpha value is -1.90. The molecule has 0 saturated carbocycles. The Balaban J connectivity index is 1.71. The second kappa shape index (κ2) is 9.11. The van der Waals surface area contributed by atoms with Crippen LogP contribution in [0.25, 0.3) is 11.4 Å². The van der Waals surface area contributed by atoms with Gasteiger partial charge in [0.05, 0.1) is 19.0 Å². The number of nitrogens with zero attached hydrogens (tertiary/aromatic N) is 2.